The maximum atomic E-state index is 12.0. The van der Waals surface area contributed by atoms with E-state index in [-0.39, 0.29) is 17.7 Å². The van der Waals surface area contributed by atoms with Gasteiger partial charge in [-0.25, -0.2) is 0 Å². The summed E-state index contributed by atoms with van der Waals surface area (Å²) in [6, 6.07) is 9.70. The normalized spacial score (nSPS) is 13.8. The lowest BCUT2D eigenvalue weighted by Gasteiger charge is -2.14. The van der Waals surface area contributed by atoms with Crippen molar-refractivity contribution in [1.82, 2.24) is 25.9 Å². The minimum absolute atomic E-state index is 0.00143. The molecule has 1 heterocycles. The monoisotopic (exact) mass is 259 g/mol. The minimum Gasteiger partial charge on any atom is -0.355 e. The Labute approximate surface area is 111 Å². The molecule has 2 rings (SSSR count). The number of hydrogen-bond acceptors (Lipinski definition) is 4. The Morgan fingerprint density at radius 2 is 2.05 bits per heavy atom. The number of aromatic amines is 1. The van der Waals surface area contributed by atoms with Crippen molar-refractivity contribution in [3.8, 4) is 0 Å². The van der Waals surface area contributed by atoms with Gasteiger partial charge in [-0.15, -0.1) is 10.2 Å². The van der Waals surface area contributed by atoms with Gasteiger partial charge in [0.1, 0.15) is 0 Å². The summed E-state index contributed by atoms with van der Waals surface area (Å²) in [5.74, 6) is 0.471. The van der Waals surface area contributed by atoms with Gasteiger partial charge in [0.15, 0.2) is 5.82 Å². The van der Waals surface area contributed by atoms with E-state index in [0.29, 0.717) is 12.4 Å². The average Bonchev–Trinajstić information content (AvgIpc) is 2.98. The number of nitrogens with zero attached hydrogens (tertiary/aromatic N) is 3. The lowest BCUT2D eigenvalue weighted by molar-refractivity contribution is -0.122. The summed E-state index contributed by atoms with van der Waals surface area (Å²) in [6.45, 7) is 4.33. The summed E-state index contributed by atoms with van der Waals surface area (Å²) in [6.07, 6.45) is 0. The summed E-state index contributed by atoms with van der Waals surface area (Å²) in [5, 5.41) is 16.6. The molecule has 0 bridgehead atoms. The molecule has 100 valence electrons. The molecule has 0 aliphatic heterocycles. The molecule has 0 radical (unpaired) electrons. The van der Waals surface area contributed by atoms with Crippen LogP contribution in [0.25, 0.3) is 0 Å². The summed E-state index contributed by atoms with van der Waals surface area (Å²) in [5.41, 5.74) is 1.01. The zero-order valence-electron chi connectivity index (χ0n) is 11.0. The third-order valence-corrected chi connectivity index (χ3v) is 3.08. The summed E-state index contributed by atoms with van der Waals surface area (Å²) < 4.78 is 0. The Morgan fingerprint density at radius 1 is 1.32 bits per heavy atom. The van der Waals surface area contributed by atoms with Gasteiger partial charge in [0.25, 0.3) is 0 Å². The van der Waals surface area contributed by atoms with E-state index < -0.39 is 0 Å². The lowest BCUT2D eigenvalue weighted by Crippen LogP contribution is -2.31. The molecule has 0 aliphatic carbocycles. The Balaban J connectivity index is 1.88. The van der Waals surface area contributed by atoms with Crippen LogP contribution in [0.1, 0.15) is 37.1 Å². The number of amides is 1. The van der Waals surface area contributed by atoms with Crippen LogP contribution in [-0.2, 0) is 4.79 Å². The molecule has 1 aromatic carbocycles. The number of tetrazole rings is 1. The number of hydrogen-bond donors (Lipinski definition) is 2. The molecule has 1 amide bonds. The second kappa shape index (κ2) is 6.08. The number of carbonyl (C=O) groups is 1. The fourth-order valence-corrected chi connectivity index (χ4v) is 1.77. The van der Waals surface area contributed by atoms with E-state index in [9.17, 15) is 4.79 Å². The van der Waals surface area contributed by atoms with Gasteiger partial charge in [-0.2, -0.15) is 5.21 Å². The topological polar surface area (TPSA) is 83.6 Å². The summed E-state index contributed by atoms with van der Waals surface area (Å²) in [7, 11) is 0. The third-order valence-electron chi connectivity index (χ3n) is 3.08. The van der Waals surface area contributed by atoms with Crippen molar-refractivity contribution in [3.05, 3.63) is 41.7 Å². The molecule has 2 aromatic rings. The van der Waals surface area contributed by atoms with E-state index in [1.54, 1.807) is 0 Å². The molecular weight excluding hydrogens is 242 g/mol. The molecule has 2 atom stereocenters. The number of nitrogens with one attached hydrogen (secondary N) is 2. The van der Waals surface area contributed by atoms with Crippen molar-refractivity contribution in [2.45, 2.75) is 25.7 Å². The zero-order chi connectivity index (χ0) is 13.7. The van der Waals surface area contributed by atoms with Gasteiger partial charge >= 0.3 is 0 Å². The molecule has 6 heteroatoms. The Hall–Kier alpha value is -2.24. The van der Waals surface area contributed by atoms with Gasteiger partial charge in [0.05, 0.1) is 5.92 Å². The average molecular weight is 259 g/mol. The first-order valence-electron chi connectivity index (χ1n) is 6.24. The second-order valence-electron chi connectivity index (χ2n) is 4.55. The molecule has 0 saturated heterocycles. The summed E-state index contributed by atoms with van der Waals surface area (Å²) in [4.78, 5) is 12.0. The van der Waals surface area contributed by atoms with Crippen molar-refractivity contribution in [2.75, 3.05) is 6.54 Å². The molecule has 1 aromatic heterocycles. The SMILES string of the molecule is CC(CNC(=O)[C@@H](C)c1ccccc1)c1nn[nH]n1. The van der Waals surface area contributed by atoms with Gasteiger partial charge in [0, 0.05) is 12.5 Å². The number of carbonyl (C=O) groups excluding carboxylic acids is 1. The predicted octanol–water partition coefficient (Wildman–Crippen LogP) is 1.22. The highest BCUT2D eigenvalue weighted by molar-refractivity contribution is 5.83. The van der Waals surface area contributed by atoms with Crippen molar-refractivity contribution >= 4 is 5.91 Å². The number of benzene rings is 1. The molecule has 19 heavy (non-hydrogen) atoms. The highest BCUT2D eigenvalue weighted by atomic mass is 16.1. The first kappa shape index (κ1) is 13.2. The number of rotatable bonds is 5. The van der Waals surface area contributed by atoms with Gasteiger partial charge in [-0.05, 0) is 12.5 Å². The molecule has 6 nitrogen and oxygen atoms in total. The zero-order valence-corrected chi connectivity index (χ0v) is 11.0. The van der Waals surface area contributed by atoms with E-state index in [2.05, 4.69) is 25.9 Å². The first-order valence-corrected chi connectivity index (χ1v) is 6.24. The van der Waals surface area contributed by atoms with Crippen LogP contribution in [0.15, 0.2) is 30.3 Å². The van der Waals surface area contributed by atoms with E-state index >= 15 is 0 Å². The summed E-state index contributed by atoms with van der Waals surface area (Å²) >= 11 is 0. The minimum atomic E-state index is -0.168. The van der Waals surface area contributed by atoms with E-state index in [4.69, 9.17) is 0 Å². The Morgan fingerprint density at radius 3 is 2.68 bits per heavy atom. The van der Waals surface area contributed by atoms with Gasteiger partial charge < -0.3 is 5.32 Å². The molecular formula is C13H17N5O. The van der Waals surface area contributed by atoms with Crippen LogP contribution in [0.3, 0.4) is 0 Å². The molecule has 2 N–H and O–H groups in total. The quantitative estimate of drug-likeness (QED) is 0.845. The fraction of sp³-hybridized carbons (Fsp3) is 0.385. The third kappa shape index (κ3) is 3.37. The van der Waals surface area contributed by atoms with E-state index in [1.165, 1.54) is 0 Å². The van der Waals surface area contributed by atoms with E-state index in [0.717, 1.165) is 5.56 Å². The highest BCUT2D eigenvalue weighted by Gasteiger charge is 2.17. The van der Waals surface area contributed by atoms with Crippen LogP contribution in [0.2, 0.25) is 0 Å². The molecule has 1 unspecified atom stereocenters. The Bertz CT molecular complexity index is 511. The van der Waals surface area contributed by atoms with Crippen LogP contribution < -0.4 is 5.32 Å². The van der Waals surface area contributed by atoms with Gasteiger partial charge in [-0.3, -0.25) is 4.79 Å². The van der Waals surface area contributed by atoms with Crippen LogP contribution in [0.5, 0.6) is 0 Å². The second-order valence-corrected chi connectivity index (χ2v) is 4.55. The van der Waals surface area contributed by atoms with Crippen LogP contribution in [-0.4, -0.2) is 33.1 Å². The molecule has 0 saturated carbocycles. The van der Waals surface area contributed by atoms with Crippen LogP contribution >= 0.6 is 0 Å². The molecule has 0 fully saturated rings. The van der Waals surface area contributed by atoms with Crippen LogP contribution in [0, 0.1) is 0 Å². The Kier molecular flexibility index (Phi) is 4.22. The van der Waals surface area contributed by atoms with Crippen molar-refractivity contribution in [2.24, 2.45) is 0 Å². The van der Waals surface area contributed by atoms with Crippen LogP contribution in [0.4, 0.5) is 0 Å². The first-order chi connectivity index (χ1) is 9.18. The van der Waals surface area contributed by atoms with Crippen molar-refractivity contribution in [1.29, 1.82) is 0 Å². The number of aromatic nitrogens is 4. The van der Waals surface area contributed by atoms with Gasteiger partial charge in [0.2, 0.25) is 5.91 Å². The maximum Gasteiger partial charge on any atom is 0.227 e. The smallest absolute Gasteiger partial charge is 0.227 e. The largest absolute Gasteiger partial charge is 0.355 e. The van der Waals surface area contributed by atoms with Crippen molar-refractivity contribution < 1.29 is 4.79 Å². The standard InChI is InChI=1S/C13H17N5O/c1-9(12-15-17-18-16-12)8-14-13(19)10(2)11-6-4-3-5-7-11/h3-7,9-10H,8H2,1-2H3,(H,14,19)(H,15,16,17,18)/t9?,10-/m0/s1. The molecule has 0 spiro atoms. The number of H-pyrrole nitrogens is 1. The highest BCUT2D eigenvalue weighted by Crippen LogP contribution is 2.15. The van der Waals surface area contributed by atoms with Gasteiger partial charge in [-0.1, -0.05) is 42.5 Å². The predicted molar refractivity (Wildman–Crippen MR) is 70.5 cm³/mol. The van der Waals surface area contributed by atoms with Crippen molar-refractivity contribution in [3.63, 3.8) is 0 Å². The van der Waals surface area contributed by atoms with E-state index in [1.807, 2.05) is 44.2 Å². The lowest BCUT2D eigenvalue weighted by atomic mass is 10.0. The fourth-order valence-electron chi connectivity index (χ4n) is 1.77. The maximum absolute atomic E-state index is 12.0. The molecule has 0 aliphatic rings.